The minimum Gasteiger partial charge on any atom is -0.384 e. The lowest BCUT2D eigenvalue weighted by molar-refractivity contribution is 0.619. The van der Waals surface area contributed by atoms with Crippen LogP contribution < -0.4 is 5.32 Å². The summed E-state index contributed by atoms with van der Waals surface area (Å²) in [4.78, 5) is 0. The number of benzene rings is 1. The summed E-state index contributed by atoms with van der Waals surface area (Å²) in [5.41, 5.74) is 4.63. The molecule has 0 aliphatic carbocycles. The Morgan fingerprint density at radius 2 is 2.05 bits per heavy atom. The molecule has 1 unspecified atom stereocenters. The highest BCUT2D eigenvalue weighted by molar-refractivity contribution is 5.28. The van der Waals surface area contributed by atoms with E-state index in [0.29, 0.717) is 12.5 Å². The van der Waals surface area contributed by atoms with Gasteiger partial charge in [0, 0.05) is 12.2 Å². The van der Waals surface area contributed by atoms with Gasteiger partial charge >= 0.3 is 0 Å². The van der Waals surface area contributed by atoms with E-state index in [9.17, 15) is 0 Å². The van der Waals surface area contributed by atoms with E-state index < -0.39 is 0 Å². The van der Waals surface area contributed by atoms with E-state index in [4.69, 9.17) is 6.42 Å². The lowest BCUT2D eigenvalue weighted by Gasteiger charge is -2.17. The van der Waals surface area contributed by atoms with Crippen molar-refractivity contribution >= 4 is 0 Å². The van der Waals surface area contributed by atoms with Crippen LogP contribution >= 0.6 is 0 Å². The molecule has 0 aliphatic heterocycles. The molecule has 20 heavy (non-hydrogen) atoms. The van der Waals surface area contributed by atoms with Crippen molar-refractivity contribution in [2.45, 2.75) is 20.3 Å². The molecule has 1 heteroatoms. The quantitative estimate of drug-likeness (QED) is 0.580. The highest BCUT2D eigenvalue weighted by Gasteiger charge is 2.07. The van der Waals surface area contributed by atoms with Crippen LogP contribution in [0.2, 0.25) is 0 Å². The van der Waals surface area contributed by atoms with Crippen LogP contribution in [-0.4, -0.2) is 6.54 Å². The SMILES string of the molecule is C#C/C=C(\C=C)CNC(=C)C(C)Cc1ccc(C)cc1. The lowest BCUT2D eigenvalue weighted by Crippen LogP contribution is -2.21. The van der Waals surface area contributed by atoms with Gasteiger partial charge in [0.25, 0.3) is 0 Å². The summed E-state index contributed by atoms with van der Waals surface area (Å²) in [6.07, 6.45) is 9.73. The second kappa shape index (κ2) is 8.07. The monoisotopic (exact) mass is 265 g/mol. The Morgan fingerprint density at radius 1 is 1.40 bits per heavy atom. The van der Waals surface area contributed by atoms with E-state index in [1.54, 1.807) is 12.2 Å². The van der Waals surface area contributed by atoms with Crippen LogP contribution in [0.25, 0.3) is 0 Å². The molecule has 1 rings (SSSR count). The molecular formula is C19H23N. The molecule has 0 heterocycles. The second-order valence-electron chi connectivity index (χ2n) is 5.06. The number of rotatable bonds is 7. The van der Waals surface area contributed by atoms with E-state index in [1.165, 1.54) is 11.1 Å². The van der Waals surface area contributed by atoms with Crippen LogP contribution in [0.3, 0.4) is 0 Å². The Morgan fingerprint density at radius 3 is 2.60 bits per heavy atom. The first kappa shape index (κ1) is 15.9. The van der Waals surface area contributed by atoms with Gasteiger partial charge in [0.1, 0.15) is 0 Å². The molecule has 0 saturated heterocycles. The summed E-state index contributed by atoms with van der Waals surface area (Å²) in [5, 5.41) is 3.32. The Hall–Kier alpha value is -2.20. The third kappa shape index (κ3) is 5.20. The minimum atomic E-state index is 0.370. The van der Waals surface area contributed by atoms with Crippen molar-refractivity contribution in [3.63, 3.8) is 0 Å². The molecule has 0 aromatic heterocycles. The van der Waals surface area contributed by atoms with Crippen molar-refractivity contribution < 1.29 is 0 Å². The first-order chi connectivity index (χ1) is 9.56. The number of aryl methyl sites for hydroxylation is 1. The van der Waals surface area contributed by atoms with Crippen LogP contribution in [0.5, 0.6) is 0 Å². The summed E-state index contributed by atoms with van der Waals surface area (Å²) >= 11 is 0. The Labute approximate surface area is 123 Å². The minimum absolute atomic E-state index is 0.370. The van der Waals surface area contributed by atoms with Crippen molar-refractivity contribution in [3.05, 3.63) is 72.0 Å². The molecule has 0 amide bonds. The summed E-state index contributed by atoms with van der Waals surface area (Å²) in [6.45, 7) is 12.8. The molecule has 0 aliphatic rings. The first-order valence-corrected chi connectivity index (χ1v) is 6.82. The maximum atomic E-state index is 5.26. The number of allylic oxidation sites excluding steroid dienone is 2. The molecule has 1 N–H and O–H groups in total. The average Bonchev–Trinajstić information content (AvgIpc) is 2.45. The molecule has 1 aromatic rings. The fourth-order valence-electron chi connectivity index (χ4n) is 1.88. The summed E-state index contributed by atoms with van der Waals surface area (Å²) < 4.78 is 0. The van der Waals surface area contributed by atoms with Gasteiger partial charge in [-0.25, -0.2) is 0 Å². The van der Waals surface area contributed by atoms with Gasteiger partial charge < -0.3 is 5.32 Å². The van der Waals surface area contributed by atoms with E-state index in [0.717, 1.165) is 17.7 Å². The topological polar surface area (TPSA) is 12.0 Å². The third-order valence-electron chi connectivity index (χ3n) is 3.31. The zero-order chi connectivity index (χ0) is 15.0. The molecule has 0 fully saturated rings. The molecule has 104 valence electrons. The number of terminal acetylenes is 1. The number of hydrogen-bond donors (Lipinski definition) is 1. The molecule has 1 atom stereocenters. The molecule has 1 aromatic carbocycles. The predicted octanol–water partition coefficient (Wildman–Crippen LogP) is 4.02. The van der Waals surface area contributed by atoms with Crippen molar-refractivity contribution in [2.75, 3.05) is 6.54 Å². The standard InChI is InChI=1S/C19H23N/c1-6-8-18(7-2)14-20-17(5)16(4)13-19-11-9-15(3)10-12-19/h1,7-12,16,20H,2,5,13-14H2,3-4H3/b18-8+. The van der Waals surface area contributed by atoms with Crippen LogP contribution in [0, 0.1) is 25.2 Å². The van der Waals surface area contributed by atoms with Crippen LogP contribution in [0.4, 0.5) is 0 Å². The third-order valence-corrected chi connectivity index (χ3v) is 3.31. The normalized spacial score (nSPS) is 12.3. The van der Waals surface area contributed by atoms with E-state index >= 15 is 0 Å². The van der Waals surface area contributed by atoms with Crippen LogP contribution in [-0.2, 0) is 6.42 Å². The van der Waals surface area contributed by atoms with Crippen LogP contribution in [0.1, 0.15) is 18.1 Å². The Kier molecular flexibility index (Phi) is 6.40. The van der Waals surface area contributed by atoms with E-state index in [2.05, 4.69) is 62.5 Å². The molecule has 1 nitrogen and oxygen atoms in total. The predicted molar refractivity (Wildman–Crippen MR) is 88.3 cm³/mol. The lowest BCUT2D eigenvalue weighted by atomic mass is 9.98. The number of nitrogens with one attached hydrogen (secondary N) is 1. The molecule has 0 bridgehead atoms. The van der Waals surface area contributed by atoms with Gasteiger partial charge in [0.05, 0.1) is 0 Å². The zero-order valence-corrected chi connectivity index (χ0v) is 12.4. The molecular weight excluding hydrogens is 242 g/mol. The van der Waals surface area contributed by atoms with Crippen molar-refractivity contribution in [1.82, 2.24) is 5.32 Å². The highest BCUT2D eigenvalue weighted by Crippen LogP contribution is 2.14. The maximum Gasteiger partial charge on any atom is 0.0403 e. The summed E-state index contributed by atoms with van der Waals surface area (Å²) in [6, 6.07) is 8.63. The Balaban J connectivity index is 2.51. The van der Waals surface area contributed by atoms with Gasteiger partial charge in [0.2, 0.25) is 0 Å². The van der Waals surface area contributed by atoms with Gasteiger partial charge in [-0.2, -0.15) is 0 Å². The smallest absolute Gasteiger partial charge is 0.0403 e. The Bertz CT molecular complexity index is 526. The van der Waals surface area contributed by atoms with Gasteiger partial charge in [-0.05, 0) is 36.5 Å². The molecule has 0 radical (unpaired) electrons. The van der Waals surface area contributed by atoms with E-state index in [1.807, 2.05) is 0 Å². The molecule has 0 saturated carbocycles. The fraction of sp³-hybridized carbons (Fsp3) is 0.263. The highest BCUT2D eigenvalue weighted by atomic mass is 14.9. The average molecular weight is 265 g/mol. The van der Waals surface area contributed by atoms with Gasteiger partial charge in [0.15, 0.2) is 0 Å². The van der Waals surface area contributed by atoms with Crippen LogP contribution in [0.15, 0.2) is 60.8 Å². The van der Waals surface area contributed by atoms with Crippen molar-refractivity contribution in [1.29, 1.82) is 0 Å². The van der Waals surface area contributed by atoms with Crippen molar-refractivity contribution in [2.24, 2.45) is 5.92 Å². The first-order valence-electron chi connectivity index (χ1n) is 6.82. The van der Waals surface area contributed by atoms with Gasteiger partial charge in [-0.15, -0.1) is 6.42 Å². The van der Waals surface area contributed by atoms with Gasteiger partial charge in [-0.1, -0.05) is 61.9 Å². The van der Waals surface area contributed by atoms with E-state index in [-0.39, 0.29) is 0 Å². The second-order valence-corrected chi connectivity index (χ2v) is 5.06. The fourth-order valence-corrected chi connectivity index (χ4v) is 1.88. The summed E-state index contributed by atoms with van der Waals surface area (Å²) in [5.74, 6) is 2.88. The van der Waals surface area contributed by atoms with Crippen molar-refractivity contribution in [3.8, 4) is 12.3 Å². The summed E-state index contributed by atoms with van der Waals surface area (Å²) in [7, 11) is 0. The maximum absolute atomic E-state index is 5.26. The molecule has 0 spiro atoms. The largest absolute Gasteiger partial charge is 0.384 e. The number of hydrogen-bond acceptors (Lipinski definition) is 1. The van der Waals surface area contributed by atoms with Gasteiger partial charge in [-0.3, -0.25) is 0 Å². The zero-order valence-electron chi connectivity index (χ0n) is 12.4.